The molecule has 28 heavy (non-hydrogen) atoms. The number of anilines is 2. The SMILES string of the molecule is O=C1C[C@H](N2CCN(c3ccc(F)cc3)CC2)C(=O)N1c1ccc(F)c(Cl)c1. The molecule has 0 N–H and O–H groups in total. The molecule has 2 aromatic rings. The third kappa shape index (κ3) is 3.47. The lowest BCUT2D eigenvalue weighted by molar-refractivity contribution is -0.123. The van der Waals surface area contributed by atoms with E-state index in [1.54, 1.807) is 12.1 Å². The van der Waals surface area contributed by atoms with E-state index in [0.29, 0.717) is 26.2 Å². The number of amides is 2. The summed E-state index contributed by atoms with van der Waals surface area (Å²) in [5.74, 6) is -1.52. The Balaban J connectivity index is 1.44. The fourth-order valence-corrected chi connectivity index (χ4v) is 3.92. The molecule has 2 aromatic carbocycles. The fourth-order valence-electron chi connectivity index (χ4n) is 3.74. The number of imide groups is 1. The lowest BCUT2D eigenvalue weighted by Crippen LogP contribution is -2.52. The Bertz CT molecular complexity index is 914. The molecule has 5 nitrogen and oxygen atoms in total. The van der Waals surface area contributed by atoms with Crippen LogP contribution in [-0.2, 0) is 9.59 Å². The van der Waals surface area contributed by atoms with E-state index in [4.69, 9.17) is 11.6 Å². The highest BCUT2D eigenvalue weighted by molar-refractivity contribution is 6.31. The Morgan fingerprint density at radius 1 is 0.893 bits per heavy atom. The van der Waals surface area contributed by atoms with Crippen LogP contribution >= 0.6 is 11.6 Å². The Morgan fingerprint density at radius 3 is 2.18 bits per heavy atom. The van der Waals surface area contributed by atoms with Gasteiger partial charge in [-0.3, -0.25) is 14.5 Å². The highest BCUT2D eigenvalue weighted by atomic mass is 35.5. The molecule has 146 valence electrons. The Morgan fingerprint density at radius 2 is 1.54 bits per heavy atom. The minimum absolute atomic E-state index is 0.0877. The summed E-state index contributed by atoms with van der Waals surface area (Å²) in [4.78, 5) is 30.5. The normalized spacial score (nSPS) is 20.9. The van der Waals surface area contributed by atoms with Crippen molar-refractivity contribution >= 4 is 34.8 Å². The molecular formula is C20H18ClF2N3O2. The monoisotopic (exact) mass is 405 g/mol. The summed E-state index contributed by atoms with van der Waals surface area (Å²) in [6.07, 6.45) is 0.0877. The van der Waals surface area contributed by atoms with Crippen molar-refractivity contribution in [1.29, 1.82) is 0 Å². The molecule has 2 saturated heterocycles. The molecule has 0 spiro atoms. The number of carbonyl (C=O) groups excluding carboxylic acids is 2. The highest BCUT2D eigenvalue weighted by Gasteiger charge is 2.43. The predicted molar refractivity (Wildman–Crippen MR) is 102 cm³/mol. The van der Waals surface area contributed by atoms with E-state index < -0.39 is 11.9 Å². The Labute approximate surface area is 166 Å². The van der Waals surface area contributed by atoms with E-state index >= 15 is 0 Å². The van der Waals surface area contributed by atoms with Gasteiger partial charge in [-0.15, -0.1) is 0 Å². The number of nitrogens with zero attached hydrogens (tertiary/aromatic N) is 3. The zero-order chi connectivity index (χ0) is 19.8. The topological polar surface area (TPSA) is 43.9 Å². The third-order valence-corrected chi connectivity index (χ3v) is 5.52. The minimum atomic E-state index is -0.599. The van der Waals surface area contributed by atoms with Crippen LogP contribution in [0.3, 0.4) is 0 Å². The Hall–Kier alpha value is -2.51. The summed E-state index contributed by atoms with van der Waals surface area (Å²) < 4.78 is 26.5. The first-order valence-electron chi connectivity index (χ1n) is 9.00. The van der Waals surface area contributed by atoms with E-state index in [-0.39, 0.29) is 34.8 Å². The number of benzene rings is 2. The molecule has 2 amide bonds. The summed E-state index contributed by atoms with van der Waals surface area (Å²) in [5, 5.41) is -0.130. The van der Waals surface area contributed by atoms with Crippen LogP contribution in [0.15, 0.2) is 42.5 Å². The summed E-state index contributed by atoms with van der Waals surface area (Å²) in [6.45, 7) is 2.57. The predicted octanol–water partition coefficient (Wildman–Crippen LogP) is 3.07. The molecule has 0 aromatic heterocycles. The number of carbonyl (C=O) groups is 2. The van der Waals surface area contributed by atoms with Gasteiger partial charge in [0, 0.05) is 31.9 Å². The maximum atomic E-state index is 13.4. The molecule has 2 aliphatic rings. The average Bonchev–Trinajstić information content (AvgIpc) is 2.99. The molecule has 0 unspecified atom stereocenters. The molecule has 0 radical (unpaired) electrons. The van der Waals surface area contributed by atoms with Crippen molar-refractivity contribution in [3.05, 3.63) is 59.1 Å². The molecule has 2 fully saturated rings. The van der Waals surface area contributed by atoms with Crippen LogP contribution in [0.1, 0.15) is 6.42 Å². The number of piperazine rings is 1. The second-order valence-corrected chi connectivity index (χ2v) is 7.29. The lowest BCUT2D eigenvalue weighted by Gasteiger charge is -2.38. The molecule has 4 rings (SSSR count). The molecular weight excluding hydrogens is 388 g/mol. The van der Waals surface area contributed by atoms with Crippen molar-refractivity contribution in [2.24, 2.45) is 0 Å². The van der Waals surface area contributed by atoms with Crippen LogP contribution in [0, 0.1) is 11.6 Å². The summed E-state index contributed by atoms with van der Waals surface area (Å²) >= 11 is 5.79. The summed E-state index contributed by atoms with van der Waals surface area (Å²) in [5.41, 5.74) is 1.21. The maximum Gasteiger partial charge on any atom is 0.251 e. The first-order chi connectivity index (χ1) is 13.4. The van der Waals surface area contributed by atoms with Gasteiger partial charge in [-0.05, 0) is 42.5 Å². The zero-order valence-electron chi connectivity index (χ0n) is 14.9. The highest BCUT2D eigenvalue weighted by Crippen LogP contribution is 2.29. The van der Waals surface area contributed by atoms with Gasteiger partial charge in [-0.2, -0.15) is 0 Å². The van der Waals surface area contributed by atoms with Crippen LogP contribution < -0.4 is 9.80 Å². The molecule has 2 aliphatic heterocycles. The van der Waals surface area contributed by atoms with Crippen LogP contribution in [0.2, 0.25) is 5.02 Å². The molecule has 1 atom stereocenters. The standard InChI is InChI=1S/C20H18ClF2N3O2/c21-16-11-15(5-6-17(16)23)26-19(27)12-18(20(26)28)25-9-7-24(8-10-25)14-3-1-13(22)2-4-14/h1-6,11,18H,7-10,12H2/t18-/m0/s1. The van der Waals surface area contributed by atoms with Gasteiger partial charge in [0.05, 0.1) is 23.2 Å². The van der Waals surface area contributed by atoms with E-state index in [0.717, 1.165) is 16.7 Å². The van der Waals surface area contributed by atoms with E-state index in [9.17, 15) is 18.4 Å². The quantitative estimate of drug-likeness (QED) is 0.736. The molecule has 0 saturated carbocycles. The van der Waals surface area contributed by atoms with Gasteiger partial charge >= 0.3 is 0 Å². The van der Waals surface area contributed by atoms with Gasteiger partial charge in [0.15, 0.2) is 0 Å². The van der Waals surface area contributed by atoms with Crippen molar-refractivity contribution in [2.45, 2.75) is 12.5 Å². The summed E-state index contributed by atoms with van der Waals surface area (Å²) in [7, 11) is 0. The minimum Gasteiger partial charge on any atom is -0.369 e. The van der Waals surface area contributed by atoms with Gasteiger partial charge in [0.2, 0.25) is 5.91 Å². The van der Waals surface area contributed by atoms with Crippen molar-refractivity contribution in [3.63, 3.8) is 0 Å². The first kappa shape index (κ1) is 18.8. The maximum absolute atomic E-state index is 13.4. The van der Waals surface area contributed by atoms with Gasteiger partial charge in [-0.25, -0.2) is 13.7 Å². The lowest BCUT2D eigenvalue weighted by atomic mass is 10.1. The first-order valence-corrected chi connectivity index (χ1v) is 9.38. The summed E-state index contributed by atoms with van der Waals surface area (Å²) in [6, 6.07) is 9.59. The van der Waals surface area contributed by atoms with Crippen molar-refractivity contribution in [3.8, 4) is 0 Å². The van der Waals surface area contributed by atoms with Crippen molar-refractivity contribution < 1.29 is 18.4 Å². The van der Waals surface area contributed by atoms with Crippen LogP contribution in [0.4, 0.5) is 20.2 Å². The van der Waals surface area contributed by atoms with Crippen LogP contribution in [0.25, 0.3) is 0 Å². The fraction of sp³-hybridized carbons (Fsp3) is 0.300. The molecule has 8 heteroatoms. The van der Waals surface area contributed by atoms with Gasteiger partial charge in [0.25, 0.3) is 5.91 Å². The Kier molecular flexibility index (Phi) is 5.03. The second-order valence-electron chi connectivity index (χ2n) is 6.89. The molecule has 0 aliphatic carbocycles. The molecule has 2 heterocycles. The third-order valence-electron chi connectivity index (χ3n) is 5.23. The van der Waals surface area contributed by atoms with Gasteiger partial charge < -0.3 is 4.90 Å². The molecule has 0 bridgehead atoms. The van der Waals surface area contributed by atoms with E-state index in [1.807, 2.05) is 4.90 Å². The van der Waals surface area contributed by atoms with Gasteiger partial charge in [0.1, 0.15) is 11.6 Å². The second kappa shape index (κ2) is 7.48. The smallest absolute Gasteiger partial charge is 0.251 e. The number of halogens is 3. The largest absolute Gasteiger partial charge is 0.369 e. The van der Waals surface area contributed by atoms with Crippen molar-refractivity contribution in [1.82, 2.24) is 4.90 Å². The number of hydrogen-bond acceptors (Lipinski definition) is 4. The zero-order valence-corrected chi connectivity index (χ0v) is 15.7. The van der Waals surface area contributed by atoms with Crippen LogP contribution in [0.5, 0.6) is 0 Å². The van der Waals surface area contributed by atoms with Gasteiger partial charge in [-0.1, -0.05) is 11.6 Å². The number of rotatable bonds is 3. The van der Waals surface area contributed by atoms with Crippen molar-refractivity contribution in [2.75, 3.05) is 36.0 Å². The van der Waals surface area contributed by atoms with E-state index in [1.165, 1.54) is 24.3 Å². The average molecular weight is 406 g/mol. The van der Waals surface area contributed by atoms with E-state index in [2.05, 4.69) is 4.90 Å². The number of hydrogen-bond donors (Lipinski definition) is 0. The van der Waals surface area contributed by atoms with Crippen LogP contribution in [-0.4, -0.2) is 48.9 Å².